The zero-order chi connectivity index (χ0) is 11.4. The third-order valence-corrected chi connectivity index (χ3v) is 2.62. The van der Waals surface area contributed by atoms with Crippen molar-refractivity contribution in [1.82, 2.24) is 0 Å². The molecule has 0 aliphatic heterocycles. The average molecular weight is 232 g/mol. The fraction of sp³-hybridized carbons (Fsp3) is 0.455. The lowest BCUT2D eigenvalue weighted by Crippen LogP contribution is -2.21. The fourth-order valence-corrected chi connectivity index (χ4v) is 1.50. The highest BCUT2D eigenvalue weighted by molar-refractivity contribution is 6.30. The minimum atomic E-state index is -0.434. The molecule has 0 aromatic heterocycles. The van der Waals surface area contributed by atoms with Crippen molar-refractivity contribution < 1.29 is 9.13 Å². The maximum absolute atomic E-state index is 13.2. The largest absolute Gasteiger partial charge is 0.496 e. The van der Waals surface area contributed by atoms with Gasteiger partial charge in [-0.1, -0.05) is 18.5 Å². The van der Waals surface area contributed by atoms with Crippen molar-refractivity contribution in [3.05, 3.63) is 28.5 Å². The Morgan fingerprint density at radius 1 is 1.53 bits per heavy atom. The highest BCUT2D eigenvalue weighted by Gasteiger charge is 2.11. The van der Waals surface area contributed by atoms with E-state index in [1.165, 1.54) is 19.2 Å². The molecular formula is C11H15ClFNO. The zero-order valence-electron chi connectivity index (χ0n) is 8.89. The normalized spacial score (nSPS) is 12.6. The van der Waals surface area contributed by atoms with Crippen LogP contribution in [0.5, 0.6) is 5.75 Å². The first-order valence-corrected chi connectivity index (χ1v) is 5.23. The summed E-state index contributed by atoms with van der Waals surface area (Å²) in [5, 5.41) is 0.0701. The molecular weight excluding hydrogens is 217 g/mol. The highest BCUT2D eigenvalue weighted by Crippen LogP contribution is 2.27. The van der Waals surface area contributed by atoms with E-state index < -0.39 is 5.82 Å². The summed E-state index contributed by atoms with van der Waals surface area (Å²) in [6.45, 7) is 1.99. The SMILES string of the molecule is CCC(N)Cc1cc(F)c(Cl)cc1OC. The van der Waals surface area contributed by atoms with Crippen LogP contribution in [0.2, 0.25) is 5.02 Å². The lowest BCUT2D eigenvalue weighted by molar-refractivity contribution is 0.406. The Hall–Kier alpha value is -0.800. The van der Waals surface area contributed by atoms with Gasteiger partial charge >= 0.3 is 0 Å². The molecule has 15 heavy (non-hydrogen) atoms. The van der Waals surface area contributed by atoms with Crippen molar-refractivity contribution in [3.8, 4) is 5.75 Å². The molecule has 2 N–H and O–H groups in total. The summed E-state index contributed by atoms with van der Waals surface area (Å²) in [7, 11) is 1.53. The molecule has 2 nitrogen and oxygen atoms in total. The Kier molecular flexibility index (Phi) is 4.36. The highest BCUT2D eigenvalue weighted by atomic mass is 35.5. The number of benzene rings is 1. The van der Waals surface area contributed by atoms with Gasteiger partial charge in [0, 0.05) is 12.1 Å². The van der Waals surface area contributed by atoms with E-state index in [4.69, 9.17) is 22.1 Å². The summed E-state index contributed by atoms with van der Waals surface area (Å²) >= 11 is 5.65. The first-order chi connectivity index (χ1) is 7.08. The van der Waals surface area contributed by atoms with Crippen molar-refractivity contribution >= 4 is 11.6 Å². The van der Waals surface area contributed by atoms with Gasteiger partial charge in [-0.05, 0) is 24.5 Å². The van der Waals surface area contributed by atoms with Gasteiger partial charge in [-0.25, -0.2) is 4.39 Å². The van der Waals surface area contributed by atoms with Crippen LogP contribution in [-0.2, 0) is 6.42 Å². The van der Waals surface area contributed by atoms with Crippen LogP contribution < -0.4 is 10.5 Å². The predicted molar refractivity (Wildman–Crippen MR) is 59.9 cm³/mol. The first-order valence-electron chi connectivity index (χ1n) is 4.86. The molecule has 0 saturated carbocycles. The summed E-state index contributed by atoms with van der Waals surface area (Å²) in [5.74, 6) is 0.154. The number of hydrogen-bond donors (Lipinski definition) is 1. The molecule has 4 heteroatoms. The smallest absolute Gasteiger partial charge is 0.142 e. The third kappa shape index (κ3) is 3.08. The second kappa shape index (κ2) is 5.33. The van der Waals surface area contributed by atoms with Crippen LogP contribution in [0.3, 0.4) is 0 Å². The van der Waals surface area contributed by atoms with Gasteiger partial charge < -0.3 is 10.5 Å². The maximum atomic E-state index is 13.2. The topological polar surface area (TPSA) is 35.2 Å². The molecule has 0 spiro atoms. The Balaban J connectivity index is 2.99. The van der Waals surface area contributed by atoms with Crippen LogP contribution in [0.4, 0.5) is 4.39 Å². The lowest BCUT2D eigenvalue weighted by atomic mass is 10.0. The van der Waals surface area contributed by atoms with Crippen molar-refractivity contribution in [3.63, 3.8) is 0 Å². The van der Waals surface area contributed by atoms with Crippen LogP contribution in [-0.4, -0.2) is 13.2 Å². The number of ether oxygens (including phenoxy) is 1. The molecule has 1 rings (SSSR count). The third-order valence-electron chi connectivity index (χ3n) is 2.33. The summed E-state index contributed by atoms with van der Waals surface area (Å²) in [6.07, 6.45) is 1.43. The molecule has 0 aliphatic carbocycles. The van der Waals surface area contributed by atoms with Gasteiger partial charge in [0.15, 0.2) is 0 Å². The van der Waals surface area contributed by atoms with Crippen molar-refractivity contribution in [1.29, 1.82) is 0 Å². The van der Waals surface area contributed by atoms with Crippen molar-refractivity contribution in [2.24, 2.45) is 5.73 Å². The molecule has 84 valence electrons. The number of nitrogens with two attached hydrogens (primary N) is 1. The van der Waals surface area contributed by atoms with Crippen molar-refractivity contribution in [2.75, 3.05) is 7.11 Å². The van der Waals surface area contributed by atoms with Gasteiger partial charge in [0.05, 0.1) is 12.1 Å². The monoisotopic (exact) mass is 231 g/mol. The molecule has 1 aromatic rings. The van der Waals surface area contributed by atoms with E-state index in [9.17, 15) is 4.39 Å². The molecule has 0 fully saturated rings. The Morgan fingerprint density at radius 2 is 2.20 bits per heavy atom. The predicted octanol–water partition coefficient (Wildman–Crippen LogP) is 2.77. The van der Waals surface area contributed by atoms with Gasteiger partial charge in [0.1, 0.15) is 11.6 Å². The zero-order valence-corrected chi connectivity index (χ0v) is 9.64. The molecule has 0 aliphatic rings. The molecule has 0 bridgehead atoms. The number of halogens is 2. The van der Waals surface area contributed by atoms with E-state index in [-0.39, 0.29) is 11.1 Å². The second-order valence-corrected chi connectivity index (χ2v) is 3.86. The minimum Gasteiger partial charge on any atom is -0.496 e. The number of hydrogen-bond acceptors (Lipinski definition) is 2. The summed E-state index contributed by atoms with van der Waals surface area (Å²) in [4.78, 5) is 0. The first kappa shape index (κ1) is 12.3. The second-order valence-electron chi connectivity index (χ2n) is 3.45. The summed E-state index contributed by atoms with van der Waals surface area (Å²) in [5.41, 5.74) is 6.56. The molecule has 0 heterocycles. The minimum absolute atomic E-state index is 0.0134. The van der Waals surface area contributed by atoms with Gasteiger partial charge in [0.25, 0.3) is 0 Å². The van der Waals surface area contributed by atoms with E-state index in [0.29, 0.717) is 12.2 Å². The van der Waals surface area contributed by atoms with E-state index in [2.05, 4.69) is 0 Å². The van der Waals surface area contributed by atoms with E-state index in [1.54, 1.807) is 0 Å². The van der Waals surface area contributed by atoms with Gasteiger partial charge in [-0.2, -0.15) is 0 Å². The van der Waals surface area contributed by atoms with Crippen LogP contribution in [0.1, 0.15) is 18.9 Å². The molecule has 0 amide bonds. The Bertz CT molecular complexity index is 344. The lowest BCUT2D eigenvalue weighted by Gasteiger charge is -2.13. The van der Waals surface area contributed by atoms with Crippen molar-refractivity contribution in [2.45, 2.75) is 25.8 Å². The molecule has 1 unspecified atom stereocenters. The van der Waals surface area contributed by atoms with E-state index in [1.807, 2.05) is 6.92 Å². The van der Waals surface area contributed by atoms with Crippen LogP contribution >= 0.6 is 11.6 Å². The van der Waals surface area contributed by atoms with Gasteiger partial charge in [0.2, 0.25) is 0 Å². The molecule has 0 radical (unpaired) electrons. The van der Waals surface area contributed by atoms with Crippen LogP contribution in [0, 0.1) is 5.82 Å². The fourth-order valence-electron chi connectivity index (χ4n) is 1.35. The molecule has 1 atom stereocenters. The van der Waals surface area contributed by atoms with Gasteiger partial charge in [-0.15, -0.1) is 0 Å². The Morgan fingerprint density at radius 3 is 2.73 bits per heavy atom. The quantitative estimate of drug-likeness (QED) is 0.865. The van der Waals surface area contributed by atoms with E-state index >= 15 is 0 Å². The van der Waals surface area contributed by atoms with Crippen LogP contribution in [0.25, 0.3) is 0 Å². The van der Waals surface area contributed by atoms with E-state index in [0.717, 1.165) is 12.0 Å². The number of rotatable bonds is 4. The Labute approximate surface area is 94.2 Å². The summed E-state index contributed by atoms with van der Waals surface area (Å²) in [6, 6.07) is 2.88. The van der Waals surface area contributed by atoms with Gasteiger partial charge in [-0.3, -0.25) is 0 Å². The standard InChI is InChI=1S/C11H15ClFNO/c1-3-8(14)4-7-5-10(13)9(12)6-11(7)15-2/h5-6,8H,3-4,14H2,1-2H3. The maximum Gasteiger partial charge on any atom is 0.142 e. The van der Waals surface area contributed by atoms with Crippen LogP contribution in [0.15, 0.2) is 12.1 Å². The summed E-state index contributed by atoms with van der Waals surface area (Å²) < 4.78 is 18.3. The number of methoxy groups -OCH3 is 1. The molecule has 1 aromatic carbocycles. The molecule has 0 saturated heterocycles. The average Bonchev–Trinajstić information content (AvgIpc) is 2.22.